The number of ether oxygens (including phenoxy) is 1. The zero-order chi connectivity index (χ0) is 19.6. The summed E-state index contributed by atoms with van der Waals surface area (Å²) in [5.41, 5.74) is 1.68. The second-order valence-electron chi connectivity index (χ2n) is 8.75. The van der Waals surface area contributed by atoms with Crippen LogP contribution in [0.3, 0.4) is 0 Å². The molecule has 4 heteroatoms. The molecule has 4 rings (SSSR count). The monoisotopic (exact) mass is 382 g/mol. The number of hydrogen-bond donors (Lipinski definition) is 0. The first-order valence-corrected chi connectivity index (χ1v) is 11.3. The molecule has 1 aliphatic carbocycles. The van der Waals surface area contributed by atoms with Gasteiger partial charge in [-0.25, -0.2) is 4.79 Å². The van der Waals surface area contributed by atoms with Crippen LogP contribution in [0.25, 0.3) is 0 Å². The fraction of sp³-hybridized carbons (Fsp3) is 0.708. The molecule has 1 spiro atoms. The summed E-state index contributed by atoms with van der Waals surface area (Å²) >= 11 is 0. The van der Waals surface area contributed by atoms with Crippen LogP contribution in [-0.4, -0.2) is 59.6 Å². The average Bonchev–Trinajstić information content (AvgIpc) is 3.18. The van der Waals surface area contributed by atoms with E-state index in [9.17, 15) is 4.79 Å². The van der Waals surface area contributed by atoms with Crippen molar-refractivity contribution in [3.8, 4) is 11.8 Å². The second-order valence-corrected chi connectivity index (χ2v) is 8.75. The predicted molar refractivity (Wildman–Crippen MR) is 112 cm³/mol. The third kappa shape index (κ3) is 3.55. The number of fused-ring (bicyclic) bond motifs is 3. The lowest BCUT2D eigenvalue weighted by Crippen LogP contribution is -2.48. The zero-order valence-corrected chi connectivity index (χ0v) is 17.5. The third-order valence-electron chi connectivity index (χ3n) is 6.85. The molecule has 0 amide bonds. The van der Waals surface area contributed by atoms with Gasteiger partial charge in [-0.1, -0.05) is 51.0 Å². The molecule has 2 fully saturated rings. The van der Waals surface area contributed by atoms with Gasteiger partial charge in [-0.05, 0) is 45.3 Å². The normalized spacial score (nSPS) is 30.9. The van der Waals surface area contributed by atoms with Crippen molar-refractivity contribution in [3.05, 3.63) is 23.3 Å². The molecule has 0 aromatic carbocycles. The Morgan fingerprint density at radius 2 is 2.04 bits per heavy atom. The Morgan fingerprint density at radius 3 is 2.79 bits per heavy atom. The number of rotatable bonds is 7. The molecule has 2 saturated heterocycles. The summed E-state index contributed by atoms with van der Waals surface area (Å²) in [7, 11) is 0. The molecular formula is C24H34N2O2. The first-order valence-electron chi connectivity index (χ1n) is 11.3. The van der Waals surface area contributed by atoms with Crippen LogP contribution in [0.5, 0.6) is 0 Å². The lowest BCUT2D eigenvalue weighted by molar-refractivity contribution is -0.148. The molecule has 0 N–H and O–H groups in total. The van der Waals surface area contributed by atoms with Gasteiger partial charge in [0.2, 0.25) is 0 Å². The predicted octanol–water partition coefficient (Wildman–Crippen LogP) is 3.68. The summed E-state index contributed by atoms with van der Waals surface area (Å²) in [6.45, 7) is 8.65. The minimum absolute atomic E-state index is 0.178. The van der Waals surface area contributed by atoms with E-state index >= 15 is 0 Å². The molecule has 2 bridgehead atoms. The van der Waals surface area contributed by atoms with E-state index in [4.69, 9.17) is 4.74 Å². The number of nitrogens with zero attached hydrogens (tertiary/aromatic N) is 2. The Labute approximate surface area is 170 Å². The minimum atomic E-state index is -0.426. The number of esters is 1. The number of unbranched alkanes of at least 4 members (excludes halogenated alkanes) is 2. The molecule has 3 unspecified atom stereocenters. The average molecular weight is 383 g/mol. The van der Waals surface area contributed by atoms with Crippen LogP contribution >= 0.6 is 0 Å². The number of carbonyl (C=O) groups is 1. The summed E-state index contributed by atoms with van der Waals surface area (Å²) in [5, 5.41) is 0. The van der Waals surface area contributed by atoms with Gasteiger partial charge in [0.25, 0.3) is 0 Å². The van der Waals surface area contributed by atoms with Crippen LogP contribution < -0.4 is 0 Å². The molecule has 28 heavy (non-hydrogen) atoms. The van der Waals surface area contributed by atoms with Crippen LogP contribution in [-0.2, 0) is 9.53 Å². The molecule has 3 heterocycles. The van der Waals surface area contributed by atoms with E-state index in [-0.39, 0.29) is 5.97 Å². The highest BCUT2D eigenvalue weighted by Gasteiger charge is 2.61. The third-order valence-corrected chi connectivity index (χ3v) is 6.85. The molecule has 152 valence electrons. The van der Waals surface area contributed by atoms with Gasteiger partial charge < -0.3 is 4.74 Å². The van der Waals surface area contributed by atoms with Crippen molar-refractivity contribution in [2.75, 3.05) is 26.2 Å². The Balaban J connectivity index is 1.53. The summed E-state index contributed by atoms with van der Waals surface area (Å²) < 4.78 is 5.98. The van der Waals surface area contributed by atoms with Crippen molar-refractivity contribution in [2.45, 2.75) is 82.9 Å². The van der Waals surface area contributed by atoms with Crippen molar-refractivity contribution >= 4 is 5.97 Å². The van der Waals surface area contributed by atoms with Gasteiger partial charge in [-0.15, -0.1) is 0 Å². The van der Waals surface area contributed by atoms with Gasteiger partial charge in [0.05, 0.1) is 12.6 Å². The largest absolute Gasteiger partial charge is 0.449 e. The molecule has 3 aliphatic heterocycles. The maximum Gasteiger partial charge on any atom is 0.332 e. The van der Waals surface area contributed by atoms with E-state index in [1.165, 1.54) is 38.5 Å². The van der Waals surface area contributed by atoms with Crippen molar-refractivity contribution in [1.29, 1.82) is 0 Å². The van der Waals surface area contributed by atoms with Crippen molar-refractivity contribution in [3.63, 3.8) is 0 Å². The van der Waals surface area contributed by atoms with E-state index in [0.717, 1.165) is 50.2 Å². The molecule has 0 aromatic heterocycles. The highest BCUT2D eigenvalue weighted by atomic mass is 16.6. The van der Waals surface area contributed by atoms with Gasteiger partial charge in [0, 0.05) is 29.7 Å². The molecule has 0 aromatic rings. The quantitative estimate of drug-likeness (QED) is 0.497. The Bertz CT molecular complexity index is 721. The number of carbonyl (C=O) groups excluding carboxylic acids is 1. The zero-order valence-electron chi connectivity index (χ0n) is 17.5. The highest BCUT2D eigenvalue weighted by Crippen LogP contribution is 2.53. The summed E-state index contributed by atoms with van der Waals surface area (Å²) in [4.78, 5) is 17.3. The lowest BCUT2D eigenvalue weighted by atomic mass is 9.77. The molecular weight excluding hydrogens is 348 g/mol. The fourth-order valence-electron chi connectivity index (χ4n) is 5.45. The van der Waals surface area contributed by atoms with Crippen LogP contribution in [0.1, 0.15) is 65.2 Å². The van der Waals surface area contributed by atoms with Crippen LogP contribution in [0.2, 0.25) is 0 Å². The molecule has 4 aliphatic rings. The first kappa shape index (κ1) is 19.7. The van der Waals surface area contributed by atoms with Gasteiger partial charge >= 0.3 is 5.97 Å². The summed E-state index contributed by atoms with van der Waals surface area (Å²) in [6, 6.07) is 0.707. The van der Waals surface area contributed by atoms with Crippen LogP contribution in [0.4, 0.5) is 0 Å². The topological polar surface area (TPSA) is 32.8 Å². The number of hydrogen-bond acceptors (Lipinski definition) is 4. The summed E-state index contributed by atoms with van der Waals surface area (Å²) in [6.07, 6.45) is 13.4. The maximum atomic E-state index is 12.2. The Morgan fingerprint density at radius 1 is 1.25 bits per heavy atom. The van der Waals surface area contributed by atoms with E-state index in [1.54, 1.807) is 6.08 Å². The second kappa shape index (κ2) is 8.43. The Kier molecular flexibility index (Phi) is 5.94. The van der Waals surface area contributed by atoms with Gasteiger partial charge in [0.1, 0.15) is 0 Å². The van der Waals surface area contributed by atoms with Gasteiger partial charge in [-0.3, -0.25) is 9.80 Å². The van der Waals surface area contributed by atoms with E-state index < -0.39 is 5.60 Å². The summed E-state index contributed by atoms with van der Waals surface area (Å²) in [5.74, 6) is 6.70. The SMILES string of the molecule is CCCCN(CC#CC1=CC2CC3(OC(=O)C=C13)C1CCCCN21)CCCC. The van der Waals surface area contributed by atoms with Crippen molar-refractivity contribution in [1.82, 2.24) is 9.80 Å². The van der Waals surface area contributed by atoms with E-state index in [1.807, 2.05) is 0 Å². The van der Waals surface area contributed by atoms with Gasteiger partial charge in [0.15, 0.2) is 5.60 Å². The van der Waals surface area contributed by atoms with E-state index in [0.29, 0.717) is 12.1 Å². The van der Waals surface area contributed by atoms with Gasteiger partial charge in [-0.2, -0.15) is 0 Å². The molecule has 4 nitrogen and oxygen atoms in total. The van der Waals surface area contributed by atoms with Crippen molar-refractivity contribution in [2.24, 2.45) is 0 Å². The fourth-order valence-corrected chi connectivity index (χ4v) is 5.45. The van der Waals surface area contributed by atoms with Crippen LogP contribution in [0.15, 0.2) is 23.3 Å². The van der Waals surface area contributed by atoms with E-state index in [2.05, 4.69) is 41.6 Å². The minimum Gasteiger partial charge on any atom is -0.449 e. The standard InChI is InChI=1S/C24H34N2O2/c1-3-5-12-25(13-6-4-2)14-9-10-19-16-20-18-24(21(19)17-23(27)28-24)22-11-7-8-15-26(20)22/h16-17,20,22H,3-8,11-15,18H2,1-2H3. The number of piperidine rings is 1. The van der Waals surface area contributed by atoms with Crippen molar-refractivity contribution < 1.29 is 9.53 Å². The highest BCUT2D eigenvalue weighted by molar-refractivity contribution is 5.90. The van der Waals surface area contributed by atoms with Crippen LogP contribution in [0, 0.1) is 11.8 Å². The smallest absolute Gasteiger partial charge is 0.332 e. The molecule has 3 atom stereocenters. The Hall–Kier alpha value is -1.57. The maximum absolute atomic E-state index is 12.2. The lowest BCUT2D eigenvalue weighted by Gasteiger charge is -2.38. The molecule has 0 radical (unpaired) electrons. The first-order chi connectivity index (χ1) is 13.7. The molecule has 0 saturated carbocycles.